The van der Waals surface area contributed by atoms with Crippen molar-refractivity contribution in [3.05, 3.63) is 0 Å². The van der Waals surface area contributed by atoms with E-state index < -0.39 is 14.3 Å². The first-order valence-electron chi connectivity index (χ1n) is 9.03. The molecule has 1 aliphatic heterocycles. The molecule has 1 aliphatic carbocycles. The van der Waals surface area contributed by atoms with Crippen LogP contribution in [0.15, 0.2) is 0 Å². The monoisotopic (exact) mass is 372 g/mol. The lowest BCUT2D eigenvalue weighted by Gasteiger charge is -2.37. The molecular weight excluding hydrogens is 337 g/mol. The van der Waals surface area contributed by atoms with Crippen molar-refractivity contribution in [3.63, 3.8) is 0 Å². The van der Waals surface area contributed by atoms with Crippen LogP contribution in [0.5, 0.6) is 0 Å². The third-order valence-corrected chi connectivity index (χ3v) is 12.7. The first kappa shape index (κ1) is 19.9. The Balaban J connectivity index is 2.02. The highest BCUT2D eigenvalue weighted by atomic mass is 31.4. The van der Waals surface area contributed by atoms with Crippen molar-refractivity contribution in [1.82, 2.24) is 4.90 Å². The molecule has 0 N–H and O–H groups in total. The van der Waals surface area contributed by atoms with E-state index in [9.17, 15) is 4.79 Å². The van der Waals surface area contributed by atoms with E-state index >= 15 is 0 Å². The molecule has 6 heteroatoms. The van der Waals surface area contributed by atoms with E-state index in [4.69, 9.17) is 9.16 Å². The molecule has 0 spiro atoms. The summed E-state index contributed by atoms with van der Waals surface area (Å²) in [4.78, 5) is 14.6. The maximum Gasteiger partial charge on any atom is 0.418 e. The van der Waals surface area contributed by atoms with E-state index in [1.807, 2.05) is 25.7 Å². The average molecular weight is 373 g/mol. The number of fused-ring (bicyclic) bond motifs is 1. The molecule has 24 heavy (non-hydrogen) atoms. The van der Waals surface area contributed by atoms with E-state index in [1.165, 1.54) is 6.42 Å². The van der Waals surface area contributed by atoms with Gasteiger partial charge in [-0.05, 0) is 45.4 Å². The summed E-state index contributed by atoms with van der Waals surface area (Å²) in [5.74, 6) is 1.47. The van der Waals surface area contributed by atoms with Gasteiger partial charge in [-0.3, -0.25) is 0 Å². The van der Waals surface area contributed by atoms with E-state index in [0.717, 1.165) is 18.9 Å². The molecule has 1 saturated heterocycles. The van der Waals surface area contributed by atoms with E-state index in [0.29, 0.717) is 12.5 Å². The SMILES string of the molecule is C=[P+](C)[SiH](OCC1CC2CC2CN1C(=O)OC(C)(C)C)C(C)(C)C. The maximum atomic E-state index is 12.6. The van der Waals surface area contributed by atoms with Gasteiger partial charge in [-0.1, -0.05) is 20.8 Å². The predicted molar refractivity (Wildman–Crippen MR) is 106 cm³/mol. The zero-order valence-electron chi connectivity index (χ0n) is 16.5. The van der Waals surface area contributed by atoms with Crippen LogP contribution in [0.1, 0.15) is 54.4 Å². The first-order chi connectivity index (χ1) is 10.9. The number of hydrogen-bond acceptors (Lipinski definition) is 3. The van der Waals surface area contributed by atoms with Gasteiger partial charge in [-0.15, -0.1) is 0 Å². The number of hydrogen-bond donors (Lipinski definition) is 0. The van der Waals surface area contributed by atoms with Crippen LogP contribution in [0.3, 0.4) is 0 Å². The van der Waals surface area contributed by atoms with E-state index in [1.54, 1.807) is 0 Å². The van der Waals surface area contributed by atoms with Gasteiger partial charge in [0.05, 0.1) is 32.7 Å². The minimum atomic E-state index is -1.40. The molecule has 0 aromatic heterocycles. The smallest absolute Gasteiger partial charge is 0.418 e. The zero-order chi connectivity index (χ0) is 18.3. The van der Waals surface area contributed by atoms with Crippen molar-refractivity contribution >= 4 is 28.2 Å². The Morgan fingerprint density at radius 2 is 1.83 bits per heavy atom. The number of amides is 1. The fourth-order valence-corrected chi connectivity index (χ4v) is 11.1. The summed E-state index contributed by atoms with van der Waals surface area (Å²) >= 11 is 0. The van der Waals surface area contributed by atoms with Gasteiger partial charge in [0.1, 0.15) is 5.60 Å². The van der Waals surface area contributed by atoms with Crippen LogP contribution in [0.25, 0.3) is 0 Å². The van der Waals surface area contributed by atoms with E-state index in [-0.39, 0.29) is 24.3 Å². The Morgan fingerprint density at radius 3 is 2.33 bits per heavy atom. The third-order valence-electron chi connectivity index (χ3n) is 4.73. The molecule has 2 rings (SSSR count). The molecule has 5 unspecified atom stereocenters. The lowest BCUT2D eigenvalue weighted by molar-refractivity contribution is 0.00210. The second kappa shape index (κ2) is 7.09. The molecule has 0 radical (unpaired) electrons. The van der Waals surface area contributed by atoms with Crippen LogP contribution < -0.4 is 0 Å². The summed E-state index contributed by atoms with van der Waals surface area (Å²) in [7, 11) is -1.70. The second-order valence-corrected chi connectivity index (χ2v) is 17.9. The number of carbonyl (C=O) groups is 1. The fraction of sp³-hybridized carbons (Fsp3) is 0.889. The summed E-state index contributed by atoms with van der Waals surface area (Å²) in [5, 5.41) is 0.204. The van der Waals surface area contributed by atoms with Gasteiger partial charge < -0.3 is 14.1 Å². The van der Waals surface area contributed by atoms with Crippen LogP contribution in [0.4, 0.5) is 4.79 Å². The number of likely N-dealkylation sites (tertiary alicyclic amines) is 1. The first-order valence-corrected chi connectivity index (χ1v) is 13.7. The highest BCUT2D eigenvalue weighted by molar-refractivity contribution is 7.87. The van der Waals surface area contributed by atoms with Crippen molar-refractivity contribution in [2.45, 2.75) is 71.1 Å². The number of nitrogens with zero attached hydrogens (tertiary/aromatic N) is 1. The minimum Gasteiger partial charge on any atom is -0.444 e. The second-order valence-electron chi connectivity index (χ2n) is 9.59. The molecule has 1 heterocycles. The molecule has 0 aromatic carbocycles. The Kier molecular flexibility index (Phi) is 5.89. The summed E-state index contributed by atoms with van der Waals surface area (Å²) in [6, 6.07) is 0.163. The van der Waals surface area contributed by atoms with Crippen LogP contribution in [0, 0.1) is 11.8 Å². The zero-order valence-corrected chi connectivity index (χ0v) is 18.5. The van der Waals surface area contributed by atoms with Gasteiger partial charge in [0.2, 0.25) is 0 Å². The van der Waals surface area contributed by atoms with Gasteiger partial charge >= 0.3 is 14.8 Å². The molecule has 2 fully saturated rings. The summed E-state index contributed by atoms with van der Waals surface area (Å²) in [6.45, 7) is 16.3. The Bertz CT molecular complexity index is 497. The average Bonchev–Trinajstić information content (AvgIpc) is 3.11. The summed E-state index contributed by atoms with van der Waals surface area (Å²) in [5.41, 5.74) is -0.448. The van der Waals surface area contributed by atoms with Crippen LogP contribution in [-0.4, -0.2) is 57.5 Å². The molecule has 0 bridgehead atoms. The van der Waals surface area contributed by atoms with Gasteiger partial charge in [-0.25, -0.2) is 4.79 Å². The molecule has 0 aromatic rings. The Hall–Kier alpha value is -0.383. The molecule has 1 saturated carbocycles. The maximum absolute atomic E-state index is 12.6. The Morgan fingerprint density at radius 1 is 1.21 bits per heavy atom. The summed E-state index contributed by atoms with van der Waals surface area (Å²) < 4.78 is 12.1. The van der Waals surface area contributed by atoms with Crippen molar-refractivity contribution < 1.29 is 14.0 Å². The minimum absolute atomic E-state index is 0.163. The summed E-state index contributed by atoms with van der Waals surface area (Å²) in [6.07, 6.45) is 6.43. The van der Waals surface area contributed by atoms with Gasteiger partial charge in [0.25, 0.3) is 0 Å². The van der Waals surface area contributed by atoms with E-state index in [2.05, 4.69) is 33.7 Å². The third kappa shape index (κ3) is 5.31. The normalized spacial score (nSPS) is 28.9. The molecule has 5 atom stereocenters. The highest BCUT2D eigenvalue weighted by Crippen LogP contribution is 2.48. The molecule has 4 nitrogen and oxygen atoms in total. The molecule has 1 amide bonds. The van der Waals surface area contributed by atoms with Crippen molar-refractivity contribution in [2.75, 3.05) is 19.8 Å². The van der Waals surface area contributed by atoms with Gasteiger partial charge in [0, 0.05) is 11.6 Å². The lowest BCUT2D eigenvalue weighted by Crippen LogP contribution is -2.49. The standard InChI is InChI=1S/C18H35NO3PSi/c1-17(2,3)22-16(20)19-11-14-9-13(14)10-15(19)12-21-24(23(7)8)18(4,5)6/h13-15,24H,7,9-12H2,1-6,8H3/q+1. The molecule has 2 aliphatic rings. The number of carbonyl (C=O) groups excluding carboxylic acids is 1. The molecule has 138 valence electrons. The number of piperidine rings is 1. The Labute approximate surface area is 150 Å². The van der Waals surface area contributed by atoms with Crippen molar-refractivity contribution in [2.24, 2.45) is 11.8 Å². The van der Waals surface area contributed by atoms with Crippen molar-refractivity contribution in [3.8, 4) is 0 Å². The largest absolute Gasteiger partial charge is 0.444 e. The van der Waals surface area contributed by atoms with Crippen molar-refractivity contribution in [1.29, 1.82) is 0 Å². The topological polar surface area (TPSA) is 38.8 Å². The van der Waals surface area contributed by atoms with Crippen LogP contribution >= 0.6 is 7.09 Å². The lowest BCUT2D eigenvalue weighted by atomic mass is 10.0. The highest BCUT2D eigenvalue weighted by Gasteiger charge is 2.49. The number of ether oxygens (including phenoxy) is 1. The predicted octanol–water partition coefficient (Wildman–Crippen LogP) is 4.21. The fourth-order valence-electron chi connectivity index (χ4n) is 3.64. The van der Waals surface area contributed by atoms with Gasteiger partial charge in [0.15, 0.2) is 0 Å². The van der Waals surface area contributed by atoms with Gasteiger partial charge in [-0.2, -0.15) is 0 Å². The molecular formula is C18H35NO3PSi+. The van der Waals surface area contributed by atoms with Crippen LogP contribution in [-0.2, 0) is 9.16 Å². The quantitative estimate of drug-likeness (QED) is 0.548. The van der Waals surface area contributed by atoms with Crippen LogP contribution in [0.2, 0.25) is 5.04 Å². The number of rotatable bonds is 4.